The SMILES string of the molecule is CCOc1cccc(NC2=C(c3ccc(Cl)cc3)C(=O)N(c3ccc(N(C)C)cc3)C2=O)c1. The molecule has 0 aromatic heterocycles. The lowest BCUT2D eigenvalue weighted by Crippen LogP contribution is -2.32. The van der Waals surface area contributed by atoms with Crippen LogP contribution in [0.4, 0.5) is 17.1 Å². The van der Waals surface area contributed by atoms with Crippen molar-refractivity contribution < 1.29 is 14.3 Å². The zero-order valence-electron chi connectivity index (χ0n) is 18.6. The monoisotopic (exact) mass is 461 g/mol. The number of carbonyl (C=O) groups is 2. The smallest absolute Gasteiger partial charge is 0.282 e. The lowest BCUT2D eigenvalue weighted by Gasteiger charge is -2.18. The number of ether oxygens (including phenoxy) is 1. The van der Waals surface area contributed by atoms with Crippen LogP contribution in [0.15, 0.2) is 78.5 Å². The number of rotatable bonds is 7. The summed E-state index contributed by atoms with van der Waals surface area (Å²) in [5.41, 5.74) is 3.21. The van der Waals surface area contributed by atoms with Crippen molar-refractivity contribution in [3.05, 3.63) is 89.1 Å². The molecule has 4 rings (SSSR count). The van der Waals surface area contributed by atoms with Gasteiger partial charge < -0.3 is 15.0 Å². The topological polar surface area (TPSA) is 61.9 Å². The van der Waals surface area contributed by atoms with E-state index in [9.17, 15) is 9.59 Å². The van der Waals surface area contributed by atoms with Crippen molar-refractivity contribution in [3.63, 3.8) is 0 Å². The number of halogens is 1. The molecule has 1 N–H and O–H groups in total. The number of nitrogens with zero attached hydrogens (tertiary/aromatic N) is 2. The first kappa shape index (κ1) is 22.4. The Morgan fingerprint density at radius 2 is 1.64 bits per heavy atom. The molecule has 0 fully saturated rings. The fourth-order valence-electron chi connectivity index (χ4n) is 3.64. The normalized spacial score (nSPS) is 13.5. The molecule has 7 heteroatoms. The summed E-state index contributed by atoms with van der Waals surface area (Å²) < 4.78 is 5.57. The standard InChI is InChI=1S/C26H24ClN3O3/c1-4-33-22-7-5-6-19(16-22)28-24-23(17-8-10-18(27)11-9-17)25(31)30(26(24)32)21-14-12-20(13-15-21)29(2)3/h5-16,28H,4H2,1-3H3. The minimum Gasteiger partial charge on any atom is -0.494 e. The third kappa shape index (κ3) is 4.56. The van der Waals surface area contributed by atoms with E-state index >= 15 is 0 Å². The average molecular weight is 462 g/mol. The molecule has 1 heterocycles. The summed E-state index contributed by atoms with van der Waals surface area (Å²) in [4.78, 5) is 30.2. The van der Waals surface area contributed by atoms with Crippen molar-refractivity contribution in [1.82, 2.24) is 0 Å². The summed E-state index contributed by atoms with van der Waals surface area (Å²) in [5, 5.41) is 3.71. The number of amides is 2. The second kappa shape index (κ2) is 9.38. The number of benzene rings is 3. The van der Waals surface area contributed by atoms with Gasteiger partial charge in [0.15, 0.2) is 0 Å². The Morgan fingerprint density at radius 1 is 0.939 bits per heavy atom. The van der Waals surface area contributed by atoms with Crippen LogP contribution in [-0.4, -0.2) is 32.5 Å². The summed E-state index contributed by atoms with van der Waals surface area (Å²) in [6.45, 7) is 2.43. The molecule has 33 heavy (non-hydrogen) atoms. The molecule has 3 aromatic carbocycles. The Bertz CT molecular complexity index is 1220. The number of imide groups is 1. The molecule has 0 radical (unpaired) electrons. The van der Waals surface area contributed by atoms with Crippen molar-refractivity contribution in [2.75, 3.05) is 35.8 Å². The first-order valence-corrected chi connectivity index (χ1v) is 10.9. The average Bonchev–Trinajstić information content (AvgIpc) is 3.04. The molecule has 0 bridgehead atoms. The molecule has 6 nitrogen and oxygen atoms in total. The predicted octanol–water partition coefficient (Wildman–Crippen LogP) is 5.20. The molecule has 0 atom stereocenters. The highest BCUT2D eigenvalue weighted by molar-refractivity contribution is 6.46. The van der Waals surface area contributed by atoms with Crippen LogP contribution in [0.1, 0.15) is 12.5 Å². The van der Waals surface area contributed by atoms with E-state index in [1.807, 2.05) is 56.3 Å². The summed E-state index contributed by atoms with van der Waals surface area (Å²) in [6, 6.07) is 21.4. The highest BCUT2D eigenvalue weighted by Gasteiger charge is 2.40. The van der Waals surface area contributed by atoms with E-state index < -0.39 is 11.8 Å². The van der Waals surface area contributed by atoms with Crippen LogP contribution >= 0.6 is 11.6 Å². The number of nitrogens with one attached hydrogen (secondary N) is 1. The van der Waals surface area contributed by atoms with Crippen molar-refractivity contribution in [1.29, 1.82) is 0 Å². The van der Waals surface area contributed by atoms with Crippen molar-refractivity contribution in [2.24, 2.45) is 0 Å². The van der Waals surface area contributed by atoms with Gasteiger partial charge in [-0.2, -0.15) is 0 Å². The second-order valence-electron chi connectivity index (χ2n) is 7.70. The lowest BCUT2D eigenvalue weighted by atomic mass is 10.0. The van der Waals surface area contributed by atoms with Crippen LogP contribution in [0.2, 0.25) is 5.02 Å². The molecule has 1 aliphatic heterocycles. The Morgan fingerprint density at radius 3 is 2.27 bits per heavy atom. The van der Waals surface area contributed by atoms with E-state index in [0.717, 1.165) is 5.69 Å². The van der Waals surface area contributed by atoms with E-state index in [0.29, 0.717) is 34.3 Å². The van der Waals surface area contributed by atoms with Gasteiger partial charge in [0, 0.05) is 36.6 Å². The molecule has 3 aromatic rings. The molecule has 168 valence electrons. The maximum Gasteiger partial charge on any atom is 0.282 e. The molecule has 2 amide bonds. The second-order valence-corrected chi connectivity index (χ2v) is 8.14. The molecule has 1 aliphatic rings. The van der Waals surface area contributed by atoms with Gasteiger partial charge in [-0.05, 0) is 61.0 Å². The van der Waals surface area contributed by atoms with Gasteiger partial charge in [-0.1, -0.05) is 29.8 Å². The van der Waals surface area contributed by atoms with E-state index in [1.165, 1.54) is 4.90 Å². The first-order chi connectivity index (χ1) is 15.9. The predicted molar refractivity (Wildman–Crippen MR) is 133 cm³/mol. The first-order valence-electron chi connectivity index (χ1n) is 10.6. The van der Waals surface area contributed by atoms with Gasteiger partial charge in [0.1, 0.15) is 11.4 Å². The molecular formula is C26H24ClN3O3. The molecule has 0 saturated carbocycles. The Hall–Kier alpha value is -3.77. The molecule has 0 aliphatic carbocycles. The lowest BCUT2D eigenvalue weighted by molar-refractivity contribution is -0.120. The third-order valence-corrected chi connectivity index (χ3v) is 5.51. The van der Waals surface area contributed by atoms with Crippen LogP contribution in [0.5, 0.6) is 5.75 Å². The summed E-state index contributed by atoms with van der Waals surface area (Å²) in [6.07, 6.45) is 0. The van der Waals surface area contributed by atoms with Crippen LogP contribution in [0.25, 0.3) is 5.57 Å². The van der Waals surface area contributed by atoms with Crippen LogP contribution in [0.3, 0.4) is 0 Å². The molecular weight excluding hydrogens is 438 g/mol. The Labute approximate surface area is 198 Å². The fraction of sp³-hybridized carbons (Fsp3) is 0.154. The van der Waals surface area contributed by atoms with E-state index in [2.05, 4.69) is 5.32 Å². The summed E-state index contributed by atoms with van der Waals surface area (Å²) >= 11 is 6.05. The Balaban J connectivity index is 1.76. The quantitative estimate of drug-likeness (QED) is 0.490. The maximum atomic E-state index is 13.5. The van der Waals surface area contributed by atoms with Gasteiger partial charge in [-0.15, -0.1) is 0 Å². The maximum absolute atomic E-state index is 13.5. The minimum absolute atomic E-state index is 0.202. The van der Waals surface area contributed by atoms with Crippen molar-refractivity contribution in [2.45, 2.75) is 6.92 Å². The molecule has 0 unspecified atom stereocenters. The highest BCUT2D eigenvalue weighted by atomic mass is 35.5. The number of hydrogen-bond acceptors (Lipinski definition) is 5. The van der Waals surface area contributed by atoms with Gasteiger partial charge in [-0.3, -0.25) is 9.59 Å². The van der Waals surface area contributed by atoms with Gasteiger partial charge in [0.2, 0.25) is 0 Å². The van der Waals surface area contributed by atoms with Crippen molar-refractivity contribution in [3.8, 4) is 5.75 Å². The van der Waals surface area contributed by atoms with Gasteiger partial charge >= 0.3 is 0 Å². The number of carbonyl (C=O) groups excluding carboxylic acids is 2. The molecule has 0 saturated heterocycles. The van der Waals surface area contributed by atoms with Gasteiger partial charge in [0.25, 0.3) is 11.8 Å². The highest BCUT2D eigenvalue weighted by Crippen LogP contribution is 2.35. The fourth-order valence-corrected chi connectivity index (χ4v) is 3.77. The van der Waals surface area contributed by atoms with Gasteiger partial charge in [-0.25, -0.2) is 4.90 Å². The van der Waals surface area contributed by atoms with E-state index in [-0.39, 0.29) is 11.3 Å². The van der Waals surface area contributed by atoms with E-state index in [4.69, 9.17) is 16.3 Å². The number of anilines is 3. The minimum atomic E-state index is -0.427. The van der Waals surface area contributed by atoms with Crippen LogP contribution < -0.4 is 19.9 Å². The Kier molecular flexibility index (Phi) is 6.38. The van der Waals surface area contributed by atoms with Crippen LogP contribution in [-0.2, 0) is 9.59 Å². The zero-order chi connectivity index (χ0) is 23.5. The van der Waals surface area contributed by atoms with Crippen molar-refractivity contribution >= 4 is 46.1 Å². The van der Waals surface area contributed by atoms with E-state index in [1.54, 1.807) is 42.5 Å². The van der Waals surface area contributed by atoms with Crippen LogP contribution in [0, 0.1) is 0 Å². The third-order valence-electron chi connectivity index (χ3n) is 5.26. The summed E-state index contributed by atoms with van der Waals surface area (Å²) in [7, 11) is 3.86. The largest absolute Gasteiger partial charge is 0.494 e. The molecule has 0 spiro atoms. The zero-order valence-corrected chi connectivity index (χ0v) is 19.4. The van der Waals surface area contributed by atoms with Gasteiger partial charge in [0.05, 0.1) is 17.9 Å². The number of hydrogen-bond donors (Lipinski definition) is 1. The summed E-state index contributed by atoms with van der Waals surface area (Å²) in [5.74, 6) is -0.156.